The Bertz CT molecular complexity index is 797. The smallest absolute Gasteiger partial charge is 0.244 e. The molecule has 2 aromatic carbocycles. The quantitative estimate of drug-likeness (QED) is 0.551. The number of carbonyl (C=O) groups is 1. The van der Waals surface area contributed by atoms with Crippen LogP contribution in [0.15, 0.2) is 48.5 Å². The van der Waals surface area contributed by atoms with E-state index in [1.54, 1.807) is 13.2 Å². The van der Waals surface area contributed by atoms with Crippen LogP contribution in [0.5, 0.6) is 17.2 Å². The Kier molecular flexibility index (Phi) is 9.09. The van der Waals surface area contributed by atoms with E-state index >= 15 is 0 Å². The minimum absolute atomic E-state index is 0.157. The highest BCUT2D eigenvalue weighted by Crippen LogP contribution is 2.28. The number of methoxy groups -OCH3 is 1. The molecular formula is C24H31NO4. The third kappa shape index (κ3) is 7.90. The normalized spacial score (nSPS) is 10.9. The number of benzene rings is 2. The molecule has 0 atom stereocenters. The van der Waals surface area contributed by atoms with Crippen LogP contribution >= 0.6 is 0 Å². The number of rotatable bonds is 11. The standard InChI is InChI=1S/C24H31NO4/c1-5-28-21-10-6-19(7-11-21)9-13-24(26)25-17-20-8-12-22(23(16-20)27-4)29-15-14-18(2)3/h6-13,16,18H,5,14-15,17H2,1-4H3,(H,25,26)/b13-9+. The first-order valence-corrected chi connectivity index (χ1v) is 10.00. The van der Waals surface area contributed by atoms with Gasteiger partial charge in [0, 0.05) is 12.6 Å². The summed E-state index contributed by atoms with van der Waals surface area (Å²) in [5, 5.41) is 2.88. The predicted octanol–water partition coefficient (Wildman–Crippen LogP) is 4.85. The molecule has 0 aliphatic rings. The highest BCUT2D eigenvalue weighted by molar-refractivity contribution is 5.91. The molecule has 0 saturated heterocycles. The third-order valence-corrected chi connectivity index (χ3v) is 4.27. The fourth-order valence-corrected chi connectivity index (χ4v) is 2.61. The van der Waals surface area contributed by atoms with Crippen LogP contribution < -0.4 is 19.5 Å². The first kappa shape index (κ1) is 22.3. The van der Waals surface area contributed by atoms with E-state index in [0.717, 1.165) is 29.0 Å². The summed E-state index contributed by atoms with van der Waals surface area (Å²) >= 11 is 0. The topological polar surface area (TPSA) is 56.8 Å². The summed E-state index contributed by atoms with van der Waals surface area (Å²) in [5.74, 6) is 2.64. The average Bonchev–Trinajstić information content (AvgIpc) is 2.72. The Morgan fingerprint density at radius 1 is 1.07 bits per heavy atom. The monoisotopic (exact) mass is 397 g/mol. The van der Waals surface area contributed by atoms with Gasteiger partial charge in [0.05, 0.1) is 20.3 Å². The summed E-state index contributed by atoms with van der Waals surface area (Å²) in [5.41, 5.74) is 1.88. The molecule has 0 aliphatic heterocycles. The van der Waals surface area contributed by atoms with E-state index in [4.69, 9.17) is 14.2 Å². The van der Waals surface area contributed by atoms with Crippen molar-refractivity contribution in [1.29, 1.82) is 0 Å². The van der Waals surface area contributed by atoms with Crippen LogP contribution in [0.1, 0.15) is 38.3 Å². The van der Waals surface area contributed by atoms with Gasteiger partial charge in [-0.25, -0.2) is 0 Å². The fraction of sp³-hybridized carbons (Fsp3) is 0.375. The molecule has 2 aromatic rings. The van der Waals surface area contributed by atoms with E-state index in [2.05, 4.69) is 19.2 Å². The van der Waals surface area contributed by atoms with Crippen molar-refractivity contribution in [3.05, 3.63) is 59.7 Å². The second kappa shape index (κ2) is 11.8. The summed E-state index contributed by atoms with van der Waals surface area (Å²) in [6.45, 7) is 7.97. The van der Waals surface area contributed by atoms with Crippen LogP contribution in [0.2, 0.25) is 0 Å². The summed E-state index contributed by atoms with van der Waals surface area (Å²) in [7, 11) is 1.62. The van der Waals surface area contributed by atoms with Crippen LogP contribution in [0.3, 0.4) is 0 Å². The van der Waals surface area contributed by atoms with Crippen molar-refractivity contribution in [2.45, 2.75) is 33.7 Å². The molecule has 0 aromatic heterocycles. The molecule has 5 nitrogen and oxygen atoms in total. The lowest BCUT2D eigenvalue weighted by molar-refractivity contribution is -0.116. The highest BCUT2D eigenvalue weighted by Gasteiger charge is 2.07. The average molecular weight is 398 g/mol. The van der Waals surface area contributed by atoms with Crippen molar-refractivity contribution in [3.63, 3.8) is 0 Å². The molecule has 0 aliphatic carbocycles. The molecule has 1 amide bonds. The molecule has 0 radical (unpaired) electrons. The summed E-state index contributed by atoms with van der Waals surface area (Å²) < 4.78 is 16.6. The van der Waals surface area contributed by atoms with Gasteiger partial charge in [-0.2, -0.15) is 0 Å². The molecule has 2 rings (SSSR count). The number of hydrogen-bond acceptors (Lipinski definition) is 4. The summed E-state index contributed by atoms with van der Waals surface area (Å²) in [6.07, 6.45) is 4.29. The maximum atomic E-state index is 12.1. The molecule has 156 valence electrons. The first-order valence-electron chi connectivity index (χ1n) is 10.00. The Morgan fingerprint density at radius 3 is 2.48 bits per heavy atom. The van der Waals surface area contributed by atoms with Gasteiger partial charge in [-0.1, -0.05) is 32.0 Å². The van der Waals surface area contributed by atoms with Gasteiger partial charge in [0.25, 0.3) is 0 Å². The molecule has 0 spiro atoms. The van der Waals surface area contributed by atoms with Crippen LogP contribution in [0.25, 0.3) is 6.08 Å². The zero-order chi connectivity index (χ0) is 21.1. The molecule has 0 bridgehead atoms. The molecule has 29 heavy (non-hydrogen) atoms. The minimum atomic E-state index is -0.157. The molecule has 0 fully saturated rings. The van der Waals surface area contributed by atoms with Crippen LogP contribution in [-0.2, 0) is 11.3 Å². The SMILES string of the molecule is CCOc1ccc(/C=C/C(=O)NCc2ccc(OCCC(C)C)c(OC)c2)cc1. The van der Waals surface area contributed by atoms with Gasteiger partial charge in [0.2, 0.25) is 5.91 Å². The second-order valence-corrected chi connectivity index (χ2v) is 7.07. The number of carbonyl (C=O) groups excluding carboxylic acids is 1. The van der Waals surface area contributed by atoms with Gasteiger partial charge < -0.3 is 19.5 Å². The Hall–Kier alpha value is -2.95. The highest BCUT2D eigenvalue weighted by atomic mass is 16.5. The lowest BCUT2D eigenvalue weighted by Gasteiger charge is -2.13. The van der Waals surface area contributed by atoms with Crippen molar-refractivity contribution in [1.82, 2.24) is 5.32 Å². The maximum absolute atomic E-state index is 12.1. The second-order valence-electron chi connectivity index (χ2n) is 7.07. The molecule has 5 heteroatoms. The summed E-state index contributed by atoms with van der Waals surface area (Å²) in [4.78, 5) is 12.1. The van der Waals surface area contributed by atoms with Crippen molar-refractivity contribution < 1.29 is 19.0 Å². The third-order valence-electron chi connectivity index (χ3n) is 4.27. The lowest BCUT2D eigenvalue weighted by Crippen LogP contribution is -2.20. The summed E-state index contributed by atoms with van der Waals surface area (Å²) in [6, 6.07) is 13.3. The van der Waals surface area contributed by atoms with Crippen molar-refractivity contribution in [2.75, 3.05) is 20.3 Å². The molecule has 1 N–H and O–H groups in total. The van der Waals surface area contributed by atoms with Crippen LogP contribution in [0.4, 0.5) is 0 Å². The number of hydrogen-bond donors (Lipinski definition) is 1. The van der Waals surface area contributed by atoms with Crippen molar-refractivity contribution in [3.8, 4) is 17.2 Å². The number of ether oxygens (including phenoxy) is 3. The van der Waals surface area contributed by atoms with Gasteiger partial charge >= 0.3 is 0 Å². The fourth-order valence-electron chi connectivity index (χ4n) is 2.61. The predicted molar refractivity (Wildman–Crippen MR) is 116 cm³/mol. The lowest BCUT2D eigenvalue weighted by atomic mass is 10.1. The zero-order valence-electron chi connectivity index (χ0n) is 17.7. The Morgan fingerprint density at radius 2 is 1.83 bits per heavy atom. The molecule has 0 unspecified atom stereocenters. The van der Waals surface area contributed by atoms with E-state index in [1.807, 2.05) is 49.4 Å². The maximum Gasteiger partial charge on any atom is 0.244 e. The van der Waals surface area contributed by atoms with Crippen molar-refractivity contribution in [2.24, 2.45) is 5.92 Å². The molecular weight excluding hydrogens is 366 g/mol. The van der Waals surface area contributed by atoms with Crippen molar-refractivity contribution >= 4 is 12.0 Å². The van der Waals surface area contributed by atoms with Gasteiger partial charge in [0.15, 0.2) is 11.5 Å². The first-order chi connectivity index (χ1) is 14.0. The molecule has 0 heterocycles. The van der Waals surface area contributed by atoms with Crippen LogP contribution in [-0.4, -0.2) is 26.2 Å². The van der Waals surface area contributed by atoms with E-state index in [-0.39, 0.29) is 5.91 Å². The van der Waals surface area contributed by atoms with Crippen LogP contribution in [0, 0.1) is 5.92 Å². The largest absolute Gasteiger partial charge is 0.494 e. The van der Waals surface area contributed by atoms with Gasteiger partial charge in [0.1, 0.15) is 5.75 Å². The van der Waals surface area contributed by atoms with Gasteiger partial charge in [-0.05, 0) is 60.7 Å². The number of nitrogens with one attached hydrogen (secondary N) is 1. The number of amides is 1. The minimum Gasteiger partial charge on any atom is -0.494 e. The Labute approximate surface area is 173 Å². The van der Waals surface area contributed by atoms with E-state index in [9.17, 15) is 4.79 Å². The van der Waals surface area contributed by atoms with Gasteiger partial charge in [-0.15, -0.1) is 0 Å². The van der Waals surface area contributed by atoms with E-state index in [0.29, 0.717) is 31.4 Å². The van der Waals surface area contributed by atoms with E-state index in [1.165, 1.54) is 6.08 Å². The zero-order valence-corrected chi connectivity index (χ0v) is 17.7. The Balaban J connectivity index is 1.87. The van der Waals surface area contributed by atoms with Gasteiger partial charge in [-0.3, -0.25) is 4.79 Å². The van der Waals surface area contributed by atoms with E-state index < -0.39 is 0 Å². The molecule has 0 saturated carbocycles.